The molecule has 10 heteroatoms. The van der Waals surface area contributed by atoms with Gasteiger partial charge in [-0.1, -0.05) is 18.2 Å². The van der Waals surface area contributed by atoms with Crippen molar-refractivity contribution in [1.82, 2.24) is 5.32 Å². The third-order valence-corrected chi connectivity index (χ3v) is 7.78. The number of aliphatic hydroxyl groups excluding tert-OH is 1. The second-order valence-electron chi connectivity index (χ2n) is 9.03. The van der Waals surface area contributed by atoms with Crippen LogP contribution < -0.4 is 16.4 Å². The second-order valence-corrected chi connectivity index (χ2v) is 10.2. The van der Waals surface area contributed by atoms with Crippen molar-refractivity contribution in [2.24, 2.45) is 11.1 Å². The first-order valence-corrected chi connectivity index (χ1v) is 11.6. The molecule has 1 saturated carbocycles. The zero-order valence-corrected chi connectivity index (χ0v) is 19.7. The van der Waals surface area contributed by atoms with Crippen molar-refractivity contribution < 1.29 is 28.5 Å². The lowest BCUT2D eigenvalue weighted by atomic mass is 9.95. The number of thioether (sulfide) groups is 1. The second kappa shape index (κ2) is 8.84. The molecule has 1 aliphatic carbocycles. The molecule has 34 heavy (non-hydrogen) atoms. The van der Waals surface area contributed by atoms with Crippen LogP contribution in [0.1, 0.15) is 30.5 Å². The van der Waals surface area contributed by atoms with Crippen LogP contribution in [-0.4, -0.2) is 40.9 Å². The van der Waals surface area contributed by atoms with Crippen LogP contribution in [0.4, 0.5) is 19.3 Å². The number of ether oxygens (including phenoxy) is 1. The minimum Gasteiger partial charge on any atom is -0.453 e. The Labute approximate surface area is 200 Å². The molecule has 2 aromatic carbocycles. The van der Waals surface area contributed by atoms with Crippen LogP contribution in [0.3, 0.4) is 0 Å². The van der Waals surface area contributed by atoms with Gasteiger partial charge in [-0.3, -0.25) is 0 Å². The molecule has 4 unspecified atom stereocenters. The molecule has 1 heterocycles. The van der Waals surface area contributed by atoms with E-state index in [-0.39, 0.29) is 22.4 Å². The number of anilines is 1. The average molecular weight is 492 g/mol. The van der Waals surface area contributed by atoms with Crippen molar-refractivity contribution in [2.45, 2.75) is 43.5 Å². The van der Waals surface area contributed by atoms with Gasteiger partial charge in [-0.15, -0.1) is 11.8 Å². The molecule has 1 aliphatic heterocycles. The first-order chi connectivity index (χ1) is 16.0. The fraction of sp³-hybridized carbons (Fsp3) is 0.375. The predicted octanol–water partition coefficient (Wildman–Crippen LogP) is 3.26. The molecule has 0 saturated heterocycles. The number of hydrogen-bond donors (Lipinski definition) is 5. The highest BCUT2D eigenvalue weighted by Crippen LogP contribution is 2.67. The number of halogens is 2. The van der Waals surface area contributed by atoms with Gasteiger partial charge >= 0.3 is 6.09 Å². The summed E-state index contributed by atoms with van der Waals surface area (Å²) in [5.74, 6) is -1.56. The molecule has 182 valence electrons. The van der Waals surface area contributed by atoms with Gasteiger partial charge in [0.05, 0.1) is 29.7 Å². The van der Waals surface area contributed by atoms with E-state index in [1.165, 1.54) is 32.7 Å². The normalized spacial score (nSPS) is 24.2. The highest BCUT2D eigenvalue weighted by atomic mass is 32.2. The fourth-order valence-electron chi connectivity index (χ4n) is 4.21. The maximum Gasteiger partial charge on any atom is 0.407 e. The Kier molecular flexibility index (Phi) is 6.36. The molecule has 1 amide bonds. The molecule has 4 atom stereocenters. The van der Waals surface area contributed by atoms with Gasteiger partial charge in [0.1, 0.15) is 17.9 Å². The van der Waals surface area contributed by atoms with Gasteiger partial charge < -0.3 is 31.3 Å². The van der Waals surface area contributed by atoms with Crippen molar-refractivity contribution >= 4 is 28.4 Å². The molecule has 0 bridgehead atoms. The summed E-state index contributed by atoms with van der Waals surface area (Å²) in [7, 11) is 1.29. The maximum absolute atomic E-state index is 14.8. The minimum absolute atomic E-state index is 0.137. The van der Waals surface area contributed by atoms with Crippen molar-refractivity contribution in [3.8, 4) is 0 Å². The Morgan fingerprint density at radius 1 is 1.26 bits per heavy atom. The van der Waals surface area contributed by atoms with E-state index in [1.54, 1.807) is 6.08 Å². The van der Waals surface area contributed by atoms with Crippen LogP contribution in [0.15, 0.2) is 42.5 Å². The number of nitrogens with two attached hydrogens (primary N) is 1. The zero-order valence-electron chi connectivity index (χ0n) is 18.9. The molecular formula is C24H27F2N3O4S. The van der Waals surface area contributed by atoms with Crippen molar-refractivity contribution in [2.75, 3.05) is 12.4 Å². The van der Waals surface area contributed by atoms with Crippen molar-refractivity contribution in [3.05, 3.63) is 70.8 Å². The third kappa shape index (κ3) is 4.38. The number of hydrogen-bond acceptors (Lipinski definition) is 7. The molecule has 1 fully saturated rings. The van der Waals surface area contributed by atoms with Crippen LogP contribution in [0, 0.1) is 17.0 Å². The number of alkyl carbamates (subject to hydrolysis) is 1. The summed E-state index contributed by atoms with van der Waals surface area (Å²) in [6.45, 7) is 3.23. The summed E-state index contributed by atoms with van der Waals surface area (Å²) in [4.78, 5) is 11.6. The van der Waals surface area contributed by atoms with E-state index < -0.39 is 35.0 Å². The quantitative estimate of drug-likeness (QED) is 0.378. The summed E-state index contributed by atoms with van der Waals surface area (Å²) >= 11 is 1.26. The van der Waals surface area contributed by atoms with Crippen LogP contribution in [0.25, 0.3) is 4.91 Å². The summed E-state index contributed by atoms with van der Waals surface area (Å²) in [5.41, 5.74) is 5.25. The van der Waals surface area contributed by atoms with Crippen molar-refractivity contribution in [1.29, 1.82) is 0 Å². The van der Waals surface area contributed by atoms with Gasteiger partial charge in [-0.05, 0) is 49.2 Å². The van der Waals surface area contributed by atoms with E-state index in [9.17, 15) is 23.8 Å². The molecule has 7 nitrogen and oxygen atoms in total. The van der Waals surface area contributed by atoms with Gasteiger partial charge in [0.15, 0.2) is 0 Å². The van der Waals surface area contributed by atoms with E-state index in [4.69, 9.17) is 5.73 Å². The van der Waals surface area contributed by atoms with Crippen LogP contribution in [0.5, 0.6) is 0 Å². The molecular weight excluding hydrogens is 464 g/mol. The highest BCUT2D eigenvalue weighted by Gasteiger charge is 2.70. The van der Waals surface area contributed by atoms with Gasteiger partial charge in [-0.2, -0.15) is 0 Å². The topological polar surface area (TPSA) is 117 Å². The third-order valence-electron chi connectivity index (χ3n) is 6.27. The number of carbonyl (C=O) groups excluding carboxylic acids is 1. The molecule has 6 N–H and O–H groups in total. The molecule has 4 rings (SSSR count). The summed E-state index contributed by atoms with van der Waals surface area (Å²) in [6, 6.07) is 9.37. The summed E-state index contributed by atoms with van der Waals surface area (Å²) in [6.07, 6.45) is -0.107. The SMILES string of the molecule is COC(=O)NCc1ccc(NC2C3SC(c4c(F)cc(C(C)(C)O)cc4F)=CC23C(N)O)cc1. The van der Waals surface area contributed by atoms with E-state index in [0.717, 1.165) is 23.4 Å². The number of methoxy groups -OCH3 is 1. The summed E-state index contributed by atoms with van der Waals surface area (Å²) < 4.78 is 34.2. The first-order valence-electron chi connectivity index (χ1n) is 10.7. The number of rotatable bonds is 7. The van der Waals surface area contributed by atoms with Crippen LogP contribution >= 0.6 is 11.8 Å². The van der Waals surface area contributed by atoms with Crippen LogP contribution in [-0.2, 0) is 16.9 Å². The number of fused-ring (bicyclic) bond motifs is 1. The van der Waals surface area contributed by atoms with Crippen LogP contribution in [0.2, 0.25) is 0 Å². The molecule has 0 aromatic heterocycles. The Bertz CT molecular complexity index is 1110. The minimum atomic E-state index is -1.38. The van der Waals surface area contributed by atoms with Gasteiger partial charge in [0, 0.05) is 22.4 Å². The Morgan fingerprint density at radius 2 is 1.88 bits per heavy atom. The molecule has 2 aromatic rings. The smallest absolute Gasteiger partial charge is 0.407 e. The predicted molar refractivity (Wildman–Crippen MR) is 127 cm³/mol. The highest BCUT2D eigenvalue weighted by molar-refractivity contribution is 8.09. The molecule has 0 radical (unpaired) electrons. The fourth-order valence-corrected chi connectivity index (χ4v) is 5.99. The number of carbonyl (C=O) groups is 1. The lowest BCUT2D eigenvalue weighted by Crippen LogP contribution is -2.34. The Morgan fingerprint density at radius 3 is 2.38 bits per heavy atom. The lowest BCUT2D eigenvalue weighted by molar-refractivity contribution is 0.0778. The van der Waals surface area contributed by atoms with E-state index in [0.29, 0.717) is 11.4 Å². The lowest BCUT2D eigenvalue weighted by Gasteiger charge is -2.20. The first kappa shape index (κ1) is 24.5. The monoisotopic (exact) mass is 491 g/mol. The largest absolute Gasteiger partial charge is 0.453 e. The molecule has 2 aliphatic rings. The Balaban J connectivity index is 1.52. The number of amides is 1. The zero-order chi connectivity index (χ0) is 24.8. The Hall–Kier alpha value is -2.66. The summed E-state index contributed by atoms with van der Waals surface area (Å²) in [5, 5.41) is 26.2. The molecule has 0 spiro atoms. The van der Waals surface area contributed by atoms with Gasteiger partial charge in [0.2, 0.25) is 0 Å². The number of aliphatic hydroxyl groups is 2. The number of nitrogens with one attached hydrogen (secondary N) is 2. The van der Waals surface area contributed by atoms with Gasteiger partial charge in [-0.25, -0.2) is 13.6 Å². The standard InChI is InChI=1S/C24H27F2N3O4S/c1-23(2,32)13-8-15(25)18(16(26)9-13)17-10-24(21(27)30)19(20(24)34-17)29-14-6-4-12(5-7-14)11-28-22(31)33-3/h4-10,19-21,29-30,32H,11,27H2,1-3H3,(H,28,31). The average Bonchev–Trinajstić information content (AvgIpc) is 3.17. The van der Waals surface area contributed by atoms with E-state index in [1.807, 2.05) is 24.3 Å². The van der Waals surface area contributed by atoms with Gasteiger partial charge in [0.25, 0.3) is 0 Å². The van der Waals surface area contributed by atoms with E-state index in [2.05, 4.69) is 15.4 Å². The van der Waals surface area contributed by atoms with Crippen molar-refractivity contribution in [3.63, 3.8) is 0 Å². The van der Waals surface area contributed by atoms with E-state index >= 15 is 0 Å². The maximum atomic E-state index is 14.8. The number of benzene rings is 2.